The van der Waals surface area contributed by atoms with Crippen LogP contribution in [0.5, 0.6) is 0 Å². The molecule has 22 rings (SSSR count). The molecule has 12 unspecified atom stereocenters. The van der Waals surface area contributed by atoms with Gasteiger partial charge in [0.05, 0.1) is 22.5 Å². The molecule has 7 aromatic heterocycles. The van der Waals surface area contributed by atoms with Crippen LogP contribution in [0.3, 0.4) is 0 Å². The molecule has 8 aliphatic rings. The van der Waals surface area contributed by atoms with Gasteiger partial charge in [-0.25, -0.2) is 19.1 Å². The molecular weight excluding hydrogens is 2350 g/mol. The summed E-state index contributed by atoms with van der Waals surface area (Å²) in [7, 11) is 6.50. The Labute approximate surface area is 943 Å². The van der Waals surface area contributed by atoms with Crippen molar-refractivity contribution in [3.63, 3.8) is 0 Å². The number of para-hydroxylation sites is 1. The molecular formula is C136H187N7O3Os3+2. The molecule has 0 spiro atoms. The normalized spacial score (nSPS) is 25.3. The van der Waals surface area contributed by atoms with Crippen LogP contribution in [-0.2, 0) is 73.5 Å². The van der Waals surface area contributed by atoms with E-state index in [2.05, 4.69) is 394 Å². The van der Waals surface area contributed by atoms with Crippen LogP contribution in [0.15, 0.2) is 184 Å². The van der Waals surface area contributed by atoms with Crippen molar-refractivity contribution in [2.24, 2.45) is 115 Å². The summed E-state index contributed by atoms with van der Waals surface area (Å²) in [5, 5.41) is 6.71. The fourth-order valence-corrected chi connectivity index (χ4v) is 28.2. The van der Waals surface area contributed by atoms with Crippen molar-refractivity contribution in [2.45, 2.75) is 294 Å². The number of nitrogens with zero attached hydrogens (tertiary/aromatic N) is 7. The van der Waals surface area contributed by atoms with Crippen LogP contribution in [0.1, 0.15) is 291 Å². The zero-order valence-corrected chi connectivity index (χ0v) is 106. The van der Waals surface area contributed by atoms with E-state index < -0.39 is 0 Å². The van der Waals surface area contributed by atoms with E-state index in [-0.39, 0.29) is 110 Å². The van der Waals surface area contributed by atoms with Crippen molar-refractivity contribution in [2.75, 3.05) is 25.0 Å². The Balaban J connectivity index is 0.000000233. The van der Waals surface area contributed by atoms with Crippen molar-refractivity contribution in [3.05, 3.63) is 293 Å². The maximum absolute atomic E-state index is 6.43. The van der Waals surface area contributed by atoms with Crippen LogP contribution in [0, 0.1) is 214 Å². The Morgan fingerprint density at radius 1 is 0.336 bits per heavy atom. The van der Waals surface area contributed by atoms with Gasteiger partial charge in [-0.2, -0.15) is 0 Å². The first kappa shape index (κ1) is 126. The SMILES string of the molecule is C1CCC(N2CCCC2)C1.CC1C(C)C(C)C(C)C1C.CC1CC(C)C(C)C1C.Cc1cc(C2C(C)C(C)C(C)C2C)cc(C)c1-c1ccc(-c2c(C)ccc3c2oc2ncccc23)[n+](C)c1.Cc1cc(C2CCCC2)cc(C)c1C1=CN(c2c(C)ccc3c2oc2ccccc23)[C@H](C)N1C.Cc1ccc2c(n1)oc1c(-c3ccc(-c4c(C)cc(C5C(C)C(C)C(C)C5C)cc4C)c[n+]3C)c(C)ccc12.[CH3-].[CH3-].[CH3-].[CH3-].[CH3-].[CH3-].[Os+2].[Os+2].[Os+2]. The zero-order valence-electron chi connectivity index (χ0n) is 98.5. The molecule has 0 N–H and O–H groups in total. The smallest absolute Gasteiger partial charge is 0.454 e. The van der Waals surface area contributed by atoms with Gasteiger partial charge in [-0.3, -0.25) is 0 Å². The van der Waals surface area contributed by atoms with Gasteiger partial charge in [0.25, 0.3) is 0 Å². The monoisotopic (exact) mass is 2540 g/mol. The van der Waals surface area contributed by atoms with E-state index in [1.165, 1.54) is 200 Å². The van der Waals surface area contributed by atoms with Crippen LogP contribution in [0.4, 0.5) is 5.69 Å². The number of pyridine rings is 4. The van der Waals surface area contributed by atoms with Crippen LogP contribution < -0.4 is 14.0 Å². The molecule has 0 radical (unpaired) electrons. The first-order chi connectivity index (χ1) is 66.8. The number of hydrogen-bond acceptors (Lipinski definition) is 8. The van der Waals surface area contributed by atoms with E-state index in [1.807, 2.05) is 19.1 Å². The Morgan fingerprint density at radius 2 is 0.711 bits per heavy atom. The van der Waals surface area contributed by atoms with E-state index in [4.69, 9.17) is 13.3 Å². The van der Waals surface area contributed by atoms with Gasteiger partial charge in [-0.05, 0) is 373 Å². The topological polar surface area (TPSA) is 82.7 Å². The number of hydrogen-bond donors (Lipinski definition) is 0. The molecule has 6 aliphatic carbocycles. The number of anilines is 1. The molecule has 149 heavy (non-hydrogen) atoms. The summed E-state index contributed by atoms with van der Waals surface area (Å²) in [6.45, 7) is 68.4. The summed E-state index contributed by atoms with van der Waals surface area (Å²) in [6, 6.07) is 54.5. The summed E-state index contributed by atoms with van der Waals surface area (Å²) in [6.07, 6.45) is 24.6. The number of aryl methyl sites for hydroxylation is 12. The van der Waals surface area contributed by atoms with E-state index >= 15 is 0 Å². The van der Waals surface area contributed by atoms with Crippen molar-refractivity contribution in [1.29, 1.82) is 0 Å². The minimum Gasteiger partial charge on any atom is -0.454 e. The van der Waals surface area contributed by atoms with Crippen molar-refractivity contribution in [3.8, 4) is 44.8 Å². The average Bonchev–Trinajstić information content (AvgIpc) is 1.56. The summed E-state index contributed by atoms with van der Waals surface area (Å²) >= 11 is 0. The Kier molecular flexibility index (Phi) is 44.2. The maximum Gasteiger partial charge on any atom is 2.00 e. The second kappa shape index (κ2) is 52.3. The Hall–Kier alpha value is -8.25. The standard InChI is InChI=1S/C36H41N2O.C35H39N2O.C31H34N2O.C10H20.C9H17N.C9H18.6CH3.3Os/c1-19-10-13-29-30-14-11-22(4)37-36(30)39-35(29)33(19)31-15-12-27(18-38(31)9)32-20(2)16-28(17-21(32)3)34-25(7)23(5)24(6)26(34)8;1-19-11-13-28-29-10-9-15-36-35(29)38-34(28)32(19)30-14-12-26(18-37(30)8)31-20(2)16-27(17-21(31)3)33-24(6)22(4)23(5)25(33)7;1-19-14-15-26-25-12-8-9-13-28(25)34-31(26)30(19)33-18-27(32(5)22(33)4)29-20(2)16-24(17-21(29)3)23-10-6-7-11-23;1-6-7(2)9(4)10(5)8(6)3;1-2-6-9(5-1)10-7-3-4-8-10;1-6-5-7(2)9(4)8(6)3;;;;;;;;;/h10-18,23-26,34H,1-9H3;9-18,22-25,33H,1-8H3;8-9,12-18,22-23H,6-7,10-11H2,1-5H3;6-10H,1-5H3;9H,1-8H2;6-9H,5H2,1-4H3;6*1H3;;;/q2*+1;;;;;6*-1;3*+2/t;;22-;;;;;;;;;;;;/m..1............/s1. The van der Waals surface area contributed by atoms with E-state index in [1.54, 1.807) is 6.20 Å². The van der Waals surface area contributed by atoms with Crippen LogP contribution in [0.25, 0.3) is 117 Å². The van der Waals surface area contributed by atoms with Crippen LogP contribution in [-0.4, -0.2) is 52.1 Å². The summed E-state index contributed by atoms with van der Waals surface area (Å²) in [4.78, 5) is 16.6. The molecule has 1 saturated heterocycles. The number of rotatable bonds is 10. The van der Waals surface area contributed by atoms with Gasteiger partial charge in [0.1, 0.15) is 25.8 Å². The van der Waals surface area contributed by atoms with Gasteiger partial charge < -0.3 is 72.5 Å². The van der Waals surface area contributed by atoms with Gasteiger partial charge in [0, 0.05) is 92.3 Å². The van der Waals surface area contributed by atoms with Crippen molar-refractivity contribution < 1.29 is 81.8 Å². The van der Waals surface area contributed by atoms with Gasteiger partial charge in [-0.1, -0.05) is 234 Å². The van der Waals surface area contributed by atoms with Crippen LogP contribution in [0.2, 0.25) is 0 Å². The first-order valence-corrected chi connectivity index (χ1v) is 54.6. The number of furan rings is 3. The minimum absolute atomic E-state index is 0. The second-order valence-corrected chi connectivity index (χ2v) is 46.7. The third-order valence-electron chi connectivity index (χ3n) is 38.7. The molecule has 806 valence electrons. The number of fused-ring (bicyclic) bond motifs is 9. The van der Waals surface area contributed by atoms with Crippen molar-refractivity contribution in [1.82, 2.24) is 19.8 Å². The van der Waals surface area contributed by atoms with Gasteiger partial charge in [-0.15, -0.1) is 0 Å². The Morgan fingerprint density at radius 3 is 1.14 bits per heavy atom. The molecule has 0 amide bonds. The second-order valence-electron chi connectivity index (χ2n) is 46.7. The predicted molar refractivity (Wildman–Crippen MR) is 631 cm³/mol. The quantitative estimate of drug-likeness (QED) is 0.0989. The fourth-order valence-electron chi connectivity index (χ4n) is 28.2. The number of aromatic nitrogens is 4. The molecule has 6 saturated carbocycles. The third kappa shape index (κ3) is 24.5. The Bertz CT molecular complexity index is 6730. The summed E-state index contributed by atoms with van der Waals surface area (Å²) < 4.78 is 23.6. The van der Waals surface area contributed by atoms with E-state index in [0.29, 0.717) is 46.9 Å². The van der Waals surface area contributed by atoms with E-state index in [0.717, 1.165) is 161 Å². The van der Waals surface area contributed by atoms with Crippen LogP contribution >= 0.6 is 0 Å². The number of likely N-dealkylation sites (tertiary alicyclic amines) is 1. The van der Waals surface area contributed by atoms with Gasteiger partial charge >= 0.3 is 59.4 Å². The van der Waals surface area contributed by atoms with Gasteiger partial charge in [0.2, 0.25) is 22.8 Å². The minimum atomic E-state index is 0. The predicted octanol–water partition coefficient (Wildman–Crippen LogP) is 36.8. The van der Waals surface area contributed by atoms with Crippen molar-refractivity contribution >= 4 is 77.5 Å². The van der Waals surface area contributed by atoms with Gasteiger partial charge in [0.15, 0.2) is 29.1 Å². The molecule has 7 aromatic carbocycles. The molecule has 0 bridgehead atoms. The third-order valence-corrected chi connectivity index (χ3v) is 38.7. The summed E-state index contributed by atoms with van der Waals surface area (Å²) in [5.74, 6) is 16.4. The first-order valence-electron chi connectivity index (χ1n) is 54.6. The maximum atomic E-state index is 6.43. The average molecular weight is 2540 g/mol. The molecule has 13 heteroatoms. The molecule has 7 fully saturated rings. The number of benzene rings is 7. The molecule has 14 aromatic rings. The molecule has 10 nitrogen and oxygen atoms in total. The zero-order chi connectivity index (χ0) is 99.9. The fraction of sp³-hybridized carbons (Fsp3) is 0.485. The largest absolute Gasteiger partial charge is 2.00 e. The molecule has 13 atom stereocenters. The molecule has 2 aliphatic heterocycles. The molecule has 9 heterocycles. The van der Waals surface area contributed by atoms with E-state index in [9.17, 15) is 0 Å². The summed E-state index contributed by atoms with van der Waals surface area (Å²) in [5.41, 5.74) is 36.1.